The topological polar surface area (TPSA) is 47.6 Å². The van der Waals surface area contributed by atoms with Crippen LogP contribution in [0.1, 0.15) is 17.2 Å². The molecular formula is C10H11BrN2O. The van der Waals surface area contributed by atoms with Gasteiger partial charge in [-0.15, -0.1) is 0 Å². The fourth-order valence-corrected chi connectivity index (χ4v) is 2.04. The second-order valence-corrected chi connectivity index (χ2v) is 4.21. The highest BCUT2D eigenvalue weighted by Crippen LogP contribution is 2.26. The van der Waals surface area contributed by atoms with Gasteiger partial charge in [-0.2, -0.15) is 0 Å². The smallest absolute Gasteiger partial charge is 0.282 e. The molecule has 2 rings (SSSR count). The first-order valence-electron chi connectivity index (χ1n) is 4.39. The van der Waals surface area contributed by atoms with Crippen LogP contribution in [0.5, 0.6) is 0 Å². The Kier molecular flexibility index (Phi) is 2.46. The summed E-state index contributed by atoms with van der Waals surface area (Å²) in [4.78, 5) is 4.21. The van der Waals surface area contributed by atoms with Crippen LogP contribution in [0.2, 0.25) is 0 Å². The van der Waals surface area contributed by atoms with Gasteiger partial charge in [0.05, 0.1) is 0 Å². The van der Waals surface area contributed by atoms with Crippen molar-refractivity contribution in [1.29, 1.82) is 0 Å². The number of aryl methyl sites for hydroxylation is 1. The summed E-state index contributed by atoms with van der Waals surface area (Å²) < 4.78 is 6.20. The SMILES string of the molecule is Cc1cc(Br)ccc1C1COC(N)=N1. The maximum Gasteiger partial charge on any atom is 0.282 e. The van der Waals surface area contributed by atoms with Crippen LogP contribution in [0.4, 0.5) is 0 Å². The molecule has 0 aromatic heterocycles. The second kappa shape index (κ2) is 3.61. The minimum absolute atomic E-state index is 0.0584. The molecule has 3 nitrogen and oxygen atoms in total. The first-order chi connectivity index (χ1) is 6.66. The van der Waals surface area contributed by atoms with Crippen LogP contribution < -0.4 is 5.73 Å². The van der Waals surface area contributed by atoms with Gasteiger partial charge in [0.2, 0.25) is 0 Å². The van der Waals surface area contributed by atoms with Crippen LogP contribution in [0.25, 0.3) is 0 Å². The van der Waals surface area contributed by atoms with E-state index < -0.39 is 0 Å². The molecule has 14 heavy (non-hydrogen) atoms. The first kappa shape index (κ1) is 9.52. The number of hydrogen-bond acceptors (Lipinski definition) is 3. The van der Waals surface area contributed by atoms with E-state index in [0.717, 1.165) is 4.47 Å². The normalized spacial score (nSPS) is 20.4. The fourth-order valence-electron chi connectivity index (χ4n) is 1.56. The van der Waals surface area contributed by atoms with E-state index in [0.29, 0.717) is 6.61 Å². The number of ether oxygens (including phenoxy) is 1. The number of amidine groups is 1. The summed E-state index contributed by atoms with van der Waals surface area (Å²) in [5.41, 5.74) is 7.84. The summed E-state index contributed by atoms with van der Waals surface area (Å²) in [6.45, 7) is 2.61. The molecule has 74 valence electrons. The first-order valence-corrected chi connectivity index (χ1v) is 5.18. The van der Waals surface area contributed by atoms with Crippen LogP contribution >= 0.6 is 15.9 Å². The molecule has 0 spiro atoms. The Morgan fingerprint density at radius 1 is 1.57 bits per heavy atom. The van der Waals surface area contributed by atoms with Crippen molar-refractivity contribution in [3.8, 4) is 0 Å². The van der Waals surface area contributed by atoms with Crippen molar-refractivity contribution in [3.05, 3.63) is 33.8 Å². The highest BCUT2D eigenvalue weighted by Gasteiger charge is 2.19. The third-order valence-electron chi connectivity index (χ3n) is 2.26. The van der Waals surface area contributed by atoms with Crippen molar-refractivity contribution < 1.29 is 4.74 Å². The maximum absolute atomic E-state index is 5.46. The maximum atomic E-state index is 5.46. The highest BCUT2D eigenvalue weighted by molar-refractivity contribution is 9.10. The van der Waals surface area contributed by atoms with Gasteiger partial charge in [-0.1, -0.05) is 22.0 Å². The van der Waals surface area contributed by atoms with Crippen LogP contribution in [0, 0.1) is 6.92 Å². The molecular weight excluding hydrogens is 244 g/mol. The van der Waals surface area contributed by atoms with E-state index in [1.807, 2.05) is 6.07 Å². The lowest BCUT2D eigenvalue weighted by atomic mass is 10.0. The Labute approximate surface area is 91.1 Å². The van der Waals surface area contributed by atoms with Crippen molar-refractivity contribution in [2.24, 2.45) is 10.7 Å². The minimum atomic E-state index is 0.0584. The van der Waals surface area contributed by atoms with Crippen LogP contribution in [-0.4, -0.2) is 12.6 Å². The molecule has 1 atom stereocenters. The molecule has 1 unspecified atom stereocenters. The van der Waals surface area contributed by atoms with Crippen molar-refractivity contribution in [3.63, 3.8) is 0 Å². The summed E-state index contributed by atoms with van der Waals surface area (Å²) in [5.74, 6) is 0. The highest BCUT2D eigenvalue weighted by atomic mass is 79.9. The Hall–Kier alpha value is -1.03. The lowest BCUT2D eigenvalue weighted by Crippen LogP contribution is -2.10. The Morgan fingerprint density at radius 3 is 2.93 bits per heavy atom. The molecule has 1 heterocycles. The summed E-state index contributed by atoms with van der Waals surface area (Å²) in [5, 5.41) is 0. The minimum Gasteiger partial charge on any atom is -0.463 e. The molecule has 0 fully saturated rings. The summed E-state index contributed by atoms with van der Waals surface area (Å²) in [6.07, 6.45) is 0. The Bertz CT molecular complexity index is 390. The third kappa shape index (κ3) is 1.75. The number of hydrogen-bond donors (Lipinski definition) is 1. The zero-order chi connectivity index (χ0) is 10.1. The van der Waals surface area contributed by atoms with Gasteiger partial charge in [-0.25, -0.2) is 4.99 Å². The summed E-state index contributed by atoms with van der Waals surface area (Å²) >= 11 is 3.42. The quantitative estimate of drug-likeness (QED) is 0.835. The molecule has 0 radical (unpaired) electrons. The predicted octanol–water partition coefficient (Wildman–Crippen LogP) is 2.14. The van der Waals surface area contributed by atoms with Crippen molar-refractivity contribution >= 4 is 22.0 Å². The molecule has 0 saturated heterocycles. The number of aliphatic imine (C=N–C) groups is 1. The van der Waals surface area contributed by atoms with E-state index in [9.17, 15) is 0 Å². The van der Waals surface area contributed by atoms with Gasteiger partial charge < -0.3 is 10.5 Å². The number of rotatable bonds is 1. The molecule has 0 amide bonds. The monoisotopic (exact) mass is 254 g/mol. The van der Waals surface area contributed by atoms with E-state index in [-0.39, 0.29) is 12.1 Å². The summed E-state index contributed by atoms with van der Waals surface area (Å²) in [6, 6.07) is 6.47. The number of nitrogens with two attached hydrogens (primary N) is 1. The zero-order valence-corrected chi connectivity index (χ0v) is 9.41. The number of nitrogens with zero attached hydrogens (tertiary/aromatic N) is 1. The lowest BCUT2D eigenvalue weighted by molar-refractivity contribution is 0.315. The molecule has 0 bridgehead atoms. The van der Waals surface area contributed by atoms with E-state index in [4.69, 9.17) is 10.5 Å². The standard InChI is InChI=1S/C10H11BrN2O/c1-6-4-7(11)2-3-8(6)9-5-14-10(12)13-9/h2-4,9H,5H2,1H3,(H2,12,13). The van der Waals surface area contributed by atoms with Gasteiger partial charge >= 0.3 is 0 Å². The van der Waals surface area contributed by atoms with E-state index in [2.05, 4.69) is 40.0 Å². The van der Waals surface area contributed by atoms with E-state index in [1.54, 1.807) is 0 Å². The van der Waals surface area contributed by atoms with Crippen LogP contribution in [-0.2, 0) is 4.74 Å². The lowest BCUT2D eigenvalue weighted by Gasteiger charge is -2.09. The van der Waals surface area contributed by atoms with Crippen LogP contribution in [0.3, 0.4) is 0 Å². The van der Waals surface area contributed by atoms with Gasteiger partial charge in [0.15, 0.2) is 0 Å². The van der Waals surface area contributed by atoms with Crippen molar-refractivity contribution in [1.82, 2.24) is 0 Å². The van der Waals surface area contributed by atoms with Crippen molar-refractivity contribution in [2.75, 3.05) is 6.61 Å². The molecule has 1 aromatic carbocycles. The van der Waals surface area contributed by atoms with Crippen LogP contribution in [0.15, 0.2) is 27.7 Å². The largest absolute Gasteiger partial charge is 0.463 e. The van der Waals surface area contributed by atoms with E-state index in [1.165, 1.54) is 11.1 Å². The molecule has 2 N–H and O–H groups in total. The average molecular weight is 255 g/mol. The predicted molar refractivity (Wildman–Crippen MR) is 59.2 cm³/mol. The van der Waals surface area contributed by atoms with E-state index >= 15 is 0 Å². The van der Waals surface area contributed by atoms with Crippen molar-refractivity contribution in [2.45, 2.75) is 13.0 Å². The zero-order valence-electron chi connectivity index (χ0n) is 7.83. The van der Waals surface area contributed by atoms with Gasteiger partial charge in [-0.05, 0) is 30.2 Å². The number of benzene rings is 1. The third-order valence-corrected chi connectivity index (χ3v) is 2.76. The molecule has 1 aliphatic heterocycles. The van der Waals surface area contributed by atoms with Gasteiger partial charge in [0, 0.05) is 4.47 Å². The summed E-state index contributed by atoms with van der Waals surface area (Å²) in [7, 11) is 0. The molecule has 0 saturated carbocycles. The molecule has 0 aliphatic carbocycles. The van der Waals surface area contributed by atoms with Gasteiger partial charge in [0.1, 0.15) is 12.6 Å². The van der Waals surface area contributed by atoms with Gasteiger partial charge in [0.25, 0.3) is 6.02 Å². The second-order valence-electron chi connectivity index (χ2n) is 3.30. The Morgan fingerprint density at radius 2 is 2.36 bits per heavy atom. The molecule has 1 aliphatic rings. The average Bonchev–Trinajstić information content (AvgIpc) is 2.51. The molecule has 1 aromatic rings. The molecule has 4 heteroatoms. The fraction of sp³-hybridized carbons (Fsp3) is 0.300. The Balaban J connectivity index is 2.33. The van der Waals surface area contributed by atoms with Gasteiger partial charge in [-0.3, -0.25) is 0 Å². The number of halogens is 1.